The van der Waals surface area contributed by atoms with E-state index in [-0.39, 0.29) is 29.3 Å². The Kier molecular flexibility index (Phi) is 4.88. The topological polar surface area (TPSA) is 44.8 Å². The Bertz CT molecular complexity index is 941. The number of carbonyl (C=O) groups excluding carboxylic acids is 1. The SMILES string of the molecule is COC(=O)C1CC1c1ccc(OC2CCc3c(OC(F)(F)F)cccc32)cc1F. The van der Waals surface area contributed by atoms with Gasteiger partial charge in [0.1, 0.15) is 23.4 Å². The lowest BCUT2D eigenvalue weighted by molar-refractivity contribution is -0.274. The highest BCUT2D eigenvalue weighted by molar-refractivity contribution is 5.77. The highest BCUT2D eigenvalue weighted by Gasteiger charge is 2.46. The summed E-state index contributed by atoms with van der Waals surface area (Å²) in [5.41, 5.74) is 1.48. The average Bonchev–Trinajstić information content (AvgIpc) is 3.34. The maximum Gasteiger partial charge on any atom is 0.573 e. The Morgan fingerprint density at radius 2 is 1.93 bits per heavy atom. The van der Waals surface area contributed by atoms with Crippen molar-refractivity contribution < 1.29 is 36.6 Å². The lowest BCUT2D eigenvalue weighted by atomic mass is 10.1. The quantitative estimate of drug-likeness (QED) is 0.510. The van der Waals surface area contributed by atoms with E-state index in [4.69, 9.17) is 4.74 Å². The summed E-state index contributed by atoms with van der Waals surface area (Å²) in [5, 5.41) is 0. The Balaban J connectivity index is 1.49. The van der Waals surface area contributed by atoms with E-state index in [0.29, 0.717) is 36.0 Å². The Labute approximate surface area is 164 Å². The normalized spacial score (nSPS) is 22.7. The number of esters is 1. The Hall–Kier alpha value is -2.77. The molecule has 4 nitrogen and oxygen atoms in total. The number of carbonyl (C=O) groups is 1. The second-order valence-electron chi connectivity index (χ2n) is 7.17. The van der Waals surface area contributed by atoms with Gasteiger partial charge in [0.05, 0.1) is 13.0 Å². The largest absolute Gasteiger partial charge is 0.573 e. The number of alkyl halides is 3. The van der Waals surface area contributed by atoms with E-state index in [0.717, 1.165) is 0 Å². The van der Waals surface area contributed by atoms with Crippen LogP contribution < -0.4 is 9.47 Å². The van der Waals surface area contributed by atoms with Crippen LogP contribution in [0.4, 0.5) is 17.6 Å². The summed E-state index contributed by atoms with van der Waals surface area (Å²) < 4.78 is 66.9. The molecular formula is C21H18F4O4. The molecule has 3 unspecified atom stereocenters. The standard InChI is InChI=1S/C21H18F4O4/c1-27-20(26)16-10-15(16)12-6-5-11(9-17(12)22)28-18-8-7-14-13(18)3-2-4-19(14)29-21(23,24)25/h2-6,9,15-16,18H,7-8,10H2,1H3. The summed E-state index contributed by atoms with van der Waals surface area (Å²) in [6.07, 6.45) is -3.88. The summed E-state index contributed by atoms with van der Waals surface area (Å²) >= 11 is 0. The predicted octanol–water partition coefficient (Wildman–Crippen LogP) is 5.07. The van der Waals surface area contributed by atoms with E-state index >= 15 is 0 Å². The van der Waals surface area contributed by atoms with Gasteiger partial charge in [-0.15, -0.1) is 13.2 Å². The third kappa shape index (κ3) is 4.02. The molecule has 8 heteroatoms. The summed E-state index contributed by atoms with van der Waals surface area (Å²) in [5.74, 6) is -1.31. The predicted molar refractivity (Wildman–Crippen MR) is 94.1 cm³/mol. The first-order chi connectivity index (χ1) is 13.8. The van der Waals surface area contributed by atoms with Crippen molar-refractivity contribution in [1.29, 1.82) is 0 Å². The molecule has 2 aliphatic carbocycles. The number of halogens is 4. The number of ether oxygens (including phenoxy) is 3. The molecule has 0 aliphatic heterocycles. The smallest absolute Gasteiger partial charge is 0.486 e. The van der Waals surface area contributed by atoms with Crippen molar-refractivity contribution in [3.05, 3.63) is 58.9 Å². The van der Waals surface area contributed by atoms with Crippen LogP contribution in [0.25, 0.3) is 0 Å². The van der Waals surface area contributed by atoms with Crippen LogP contribution >= 0.6 is 0 Å². The fourth-order valence-corrected chi connectivity index (χ4v) is 3.92. The molecule has 0 aromatic heterocycles. The van der Waals surface area contributed by atoms with Crippen LogP contribution in [-0.4, -0.2) is 19.4 Å². The molecule has 154 valence electrons. The molecule has 3 atom stereocenters. The van der Waals surface area contributed by atoms with Crippen molar-refractivity contribution in [3.63, 3.8) is 0 Å². The second kappa shape index (κ2) is 7.24. The highest BCUT2D eigenvalue weighted by Crippen LogP contribution is 2.49. The van der Waals surface area contributed by atoms with Gasteiger partial charge in [0.25, 0.3) is 0 Å². The van der Waals surface area contributed by atoms with Gasteiger partial charge in [-0.25, -0.2) is 4.39 Å². The molecule has 0 N–H and O–H groups in total. The summed E-state index contributed by atoms with van der Waals surface area (Å²) in [6.45, 7) is 0. The Morgan fingerprint density at radius 1 is 1.14 bits per heavy atom. The zero-order chi connectivity index (χ0) is 20.8. The first kappa shape index (κ1) is 19.5. The van der Waals surface area contributed by atoms with E-state index in [1.165, 1.54) is 25.3 Å². The van der Waals surface area contributed by atoms with E-state index < -0.39 is 18.3 Å². The van der Waals surface area contributed by atoms with Crippen molar-refractivity contribution in [2.45, 2.75) is 37.6 Å². The molecule has 0 spiro atoms. The summed E-state index contributed by atoms with van der Waals surface area (Å²) in [6, 6.07) is 8.88. The summed E-state index contributed by atoms with van der Waals surface area (Å²) in [4.78, 5) is 11.5. The fraction of sp³-hybridized carbons (Fsp3) is 0.381. The first-order valence-corrected chi connectivity index (χ1v) is 9.18. The number of hydrogen-bond donors (Lipinski definition) is 0. The lowest BCUT2D eigenvalue weighted by Gasteiger charge is -2.17. The van der Waals surface area contributed by atoms with Gasteiger partial charge in [-0.05, 0) is 42.5 Å². The Morgan fingerprint density at radius 3 is 2.62 bits per heavy atom. The summed E-state index contributed by atoms with van der Waals surface area (Å²) in [7, 11) is 1.30. The number of benzene rings is 2. The van der Waals surface area contributed by atoms with Crippen LogP contribution in [0, 0.1) is 11.7 Å². The monoisotopic (exact) mass is 410 g/mol. The zero-order valence-corrected chi connectivity index (χ0v) is 15.5. The van der Waals surface area contributed by atoms with Crippen LogP contribution in [-0.2, 0) is 16.0 Å². The van der Waals surface area contributed by atoms with Crippen LogP contribution in [0.5, 0.6) is 11.5 Å². The first-order valence-electron chi connectivity index (χ1n) is 9.18. The third-order valence-corrected chi connectivity index (χ3v) is 5.34. The molecule has 2 aliphatic rings. The molecular weight excluding hydrogens is 392 g/mol. The molecule has 1 saturated carbocycles. The molecule has 0 radical (unpaired) electrons. The maximum atomic E-state index is 14.5. The molecule has 29 heavy (non-hydrogen) atoms. The number of rotatable bonds is 5. The minimum absolute atomic E-state index is 0.203. The van der Waals surface area contributed by atoms with Gasteiger partial charge in [0.2, 0.25) is 0 Å². The van der Waals surface area contributed by atoms with E-state index in [2.05, 4.69) is 9.47 Å². The van der Waals surface area contributed by atoms with Crippen LogP contribution in [0.2, 0.25) is 0 Å². The van der Waals surface area contributed by atoms with Gasteiger partial charge in [0, 0.05) is 17.5 Å². The van der Waals surface area contributed by atoms with Gasteiger partial charge >= 0.3 is 12.3 Å². The molecule has 1 fully saturated rings. The van der Waals surface area contributed by atoms with Crippen LogP contribution in [0.3, 0.4) is 0 Å². The fourth-order valence-electron chi connectivity index (χ4n) is 3.92. The minimum Gasteiger partial charge on any atom is -0.486 e. The van der Waals surface area contributed by atoms with Crippen LogP contribution in [0.15, 0.2) is 36.4 Å². The third-order valence-electron chi connectivity index (χ3n) is 5.34. The molecule has 4 rings (SSSR count). The van der Waals surface area contributed by atoms with Crippen LogP contribution in [0.1, 0.15) is 41.6 Å². The van der Waals surface area contributed by atoms with Crippen molar-refractivity contribution >= 4 is 5.97 Å². The maximum absolute atomic E-state index is 14.5. The number of hydrogen-bond acceptors (Lipinski definition) is 4. The van der Waals surface area contributed by atoms with E-state index in [1.807, 2.05) is 0 Å². The molecule has 0 heterocycles. The van der Waals surface area contributed by atoms with E-state index in [1.54, 1.807) is 18.2 Å². The molecule has 2 aromatic rings. The van der Waals surface area contributed by atoms with Gasteiger partial charge in [-0.2, -0.15) is 0 Å². The lowest BCUT2D eigenvalue weighted by Crippen LogP contribution is -2.18. The highest BCUT2D eigenvalue weighted by atomic mass is 19.4. The molecule has 0 amide bonds. The van der Waals surface area contributed by atoms with Gasteiger partial charge < -0.3 is 14.2 Å². The van der Waals surface area contributed by atoms with Gasteiger partial charge in [0.15, 0.2) is 0 Å². The number of methoxy groups -OCH3 is 1. The van der Waals surface area contributed by atoms with Crippen molar-refractivity contribution in [2.75, 3.05) is 7.11 Å². The number of fused-ring (bicyclic) bond motifs is 1. The molecule has 0 bridgehead atoms. The molecule has 2 aromatic carbocycles. The van der Waals surface area contributed by atoms with Crippen molar-refractivity contribution in [2.24, 2.45) is 5.92 Å². The van der Waals surface area contributed by atoms with E-state index in [9.17, 15) is 22.4 Å². The minimum atomic E-state index is -4.77. The average molecular weight is 410 g/mol. The second-order valence-corrected chi connectivity index (χ2v) is 7.17. The van der Waals surface area contributed by atoms with Gasteiger partial charge in [-0.1, -0.05) is 18.2 Å². The van der Waals surface area contributed by atoms with Crippen molar-refractivity contribution in [3.8, 4) is 11.5 Å². The zero-order valence-electron chi connectivity index (χ0n) is 15.5. The van der Waals surface area contributed by atoms with Crippen molar-refractivity contribution in [1.82, 2.24) is 0 Å². The van der Waals surface area contributed by atoms with Gasteiger partial charge in [-0.3, -0.25) is 4.79 Å². The molecule has 0 saturated heterocycles.